The third-order valence-electron chi connectivity index (χ3n) is 6.79. The van der Waals surface area contributed by atoms with E-state index in [1.165, 1.54) is 51.4 Å². The molecule has 0 aliphatic heterocycles. The fraction of sp³-hybridized carbons (Fsp3) is 0.909. The minimum atomic E-state index is 0.840. The lowest BCUT2D eigenvalue weighted by Gasteiger charge is -2.39. The van der Waals surface area contributed by atoms with Crippen LogP contribution in [0.4, 0.5) is 0 Å². The van der Waals surface area contributed by atoms with Gasteiger partial charge in [0, 0.05) is 0 Å². The summed E-state index contributed by atoms with van der Waals surface area (Å²) in [7, 11) is 0. The maximum atomic E-state index is 2.57. The zero-order valence-corrected chi connectivity index (χ0v) is 15.7. The topological polar surface area (TPSA) is 0 Å². The highest BCUT2D eigenvalue weighted by Gasteiger charge is 2.32. The molecule has 0 aromatic carbocycles. The van der Waals surface area contributed by atoms with Crippen LogP contribution in [0, 0.1) is 35.5 Å². The Labute approximate surface area is 140 Å². The van der Waals surface area contributed by atoms with Gasteiger partial charge in [-0.05, 0) is 86.9 Å². The van der Waals surface area contributed by atoms with Crippen molar-refractivity contribution in [3.63, 3.8) is 0 Å². The molecule has 0 amide bonds. The van der Waals surface area contributed by atoms with Crippen LogP contribution in [0.1, 0.15) is 91.9 Å². The lowest BCUT2D eigenvalue weighted by molar-refractivity contribution is 0.132. The Morgan fingerprint density at radius 1 is 0.545 bits per heavy atom. The summed E-state index contributed by atoms with van der Waals surface area (Å²) in [5.41, 5.74) is 0. The van der Waals surface area contributed by atoms with Crippen molar-refractivity contribution < 1.29 is 0 Å². The molecule has 2 fully saturated rings. The van der Waals surface area contributed by atoms with E-state index in [-0.39, 0.29) is 0 Å². The summed E-state index contributed by atoms with van der Waals surface area (Å²) >= 11 is 0. The zero-order valence-electron chi connectivity index (χ0n) is 15.7. The molecule has 0 radical (unpaired) electrons. The molecule has 2 saturated carbocycles. The van der Waals surface area contributed by atoms with Crippen LogP contribution in [0.5, 0.6) is 0 Å². The van der Waals surface area contributed by atoms with E-state index in [0.717, 1.165) is 35.5 Å². The molecule has 0 saturated heterocycles. The van der Waals surface area contributed by atoms with Gasteiger partial charge in [0.25, 0.3) is 0 Å². The molecule has 0 nitrogen and oxygen atoms in total. The van der Waals surface area contributed by atoms with Crippen molar-refractivity contribution in [3.8, 4) is 0 Å². The maximum Gasteiger partial charge on any atom is -0.0205 e. The van der Waals surface area contributed by atoms with Crippen molar-refractivity contribution in [1.29, 1.82) is 0 Å². The highest BCUT2D eigenvalue weighted by molar-refractivity contribution is 4.99. The Morgan fingerprint density at radius 2 is 1.05 bits per heavy atom. The van der Waals surface area contributed by atoms with E-state index in [4.69, 9.17) is 0 Å². The highest BCUT2D eigenvalue weighted by Crippen LogP contribution is 2.44. The predicted molar refractivity (Wildman–Crippen MR) is 98.9 cm³/mol. The van der Waals surface area contributed by atoms with Crippen molar-refractivity contribution in [2.24, 2.45) is 35.5 Å². The van der Waals surface area contributed by atoms with Crippen LogP contribution < -0.4 is 0 Å². The first-order valence-electron chi connectivity index (χ1n) is 10.4. The Morgan fingerprint density at radius 3 is 1.55 bits per heavy atom. The summed E-state index contributed by atoms with van der Waals surface area (Å²) in [6.07, 6.45) is 20.2. The summed E-state index contributed by atoms with van der Waals surface area (Å²) in [5, 5.41) is 0. The second-order valence-corrected chi connectivity index (χ2v) is 8.30. The minimum absolute atomic E-state index is 0.840. The SMILES string of the molecule is CC.CC1C=CC(C2CCC(C3CCC(C)CC3)CC2)CC1. The Balaban J connectivity index is 0.000000847. The fourth-order valence-electron chi connectivity index (χ4n) is 5.17. The minimum Gasteiger partial charge on any atom is -0.0854 e. The second kappa shape index (κ2) is 9.14. The van der Waals surface area contributed by atoms with Gasteiger partial charge in [0.2, 0.25) is 0 Å². The van der Waals surface area contributed by atoms with E-state index >= 15 is 0 Å². The van der Waals surface area contributed by atoms with Crippen LogP contribution in [-0.4, -0.2) is 0 Å². The Hall–Kier alpha value is -0.260. The first-order valence-corrected chi connectivity index (χ1v) is 10.4. The zero-order chi connectivity index (χ0) is 15.9. The molecule has 128 valence electrons. The number of rotatable bonds is 2. The first-order chi connectivity index (χ1) is 10.7. The fourth-order valence-corrected chi connectivity index (χ4v) is 5.17. The Bertz CT molecular complexity index is 313. The molecule has 0 aromatic rings. The molecule has 0 bridgehead atoms. The summed E-state index contributed by atoms with van der Waals surface area (Å²) in [5.74, 6) is 5.99. The van der Waals surface area contributed by atoms with Crippen molar-refractivity contribution in [1.82, 2.24) is 0 Å². The van der Waals surface area contributed by atoms with Gasteiger partial charge in [0.05, 0.1) is 0 Å². The second-order valence-electron chi connectivity index (χ2n) is 8.30. The molecule has 0 heteroatoms. The molecule has 0 spiro atoms. The van der Waals surface area contributed by atoms with Crippen molar-refractivity contribution in [3.05, 3.63) is 12.2 Å². The molecule has 3 aliphatic rings. The molecule has 0 N–H and O–H groups in total. The van der Waals surface area contributed by atoms with Gasteiger partial charge in [0.15, 0.2) is 0 Å². The monoisotopic (exact) mass is 304 g/mol. The third-order valence-corrected chi connectivity index (χ3v) is 6.79. The van der Waals surface area contributed by atoms with Crippen LogP contribution in [0.15, 0.2) is 12.2 Å². The smallest absolute Gasteiger partial charge is 0.0205 e. The van der Waals surface area contributed by atoms with Crippen molar-refractivity contribution >= 4 is 0 Å². The van der Waals surface area contributed by atoms with Crippen LogP contribution >= 0.6 is 0 Å². The summed E-state index contributed by atoms with van der Waals surface area (Å²) in [6.45, 7) is 8.82. The summed E-state index contributed by atoms with van der Waals surface area (Å²) < 4.78 is 0. The number of hydrogen-bond acceptors (Lipinski definition) is 0. The average molecular weight is 305 g/mol. The largest absolute Gasteiger partial charge is 0.0854 e. The molecule has 3 aliphatic carbocycles. The van der Waals surface area contributed by atoms with Gasteiger partial charge in [-0.2, -0.15) is 0 Å². The van der Waals surface area contributed by atoms with Crippen LogP contribution in [0.2, 0.25) is 0 Å². The van der Waals surface area contributed by atoms with Gasteiger partial charge in [-0.3, -0.25) is 0 Å². The van der Waals surface area contributed by atoms with Crippen molar-refractivity contribution in [2.75, 3.05) is 0 Å². The van der Waals surface area contributed by atoms with E-state index < -0.39 is 0 Å². The van der Waals surface area contributed by atoms with Gasteiger partial charge in [0.1, 0.15) is 0 Å². The third kappa shape index (κ3) is 4.87. The molecule has 0 heterocycles. The van der Waals surface area contributed by atoms with E-state index in [9.17, 15) is 0 Å². The van der Waals surface area contributed by atoms with Crippen molar-refractivity contribution in [2.45, 2.75) is 91.9 Å². The van der Waals surface area contributed by atoms with E-state index in [1.807, 2.05) is 13.8 Å². The summed E-state index contributed by atoms with van der Waals surface area (Å²) in [6, 6.07) is 0. The van der Waals surface area contributed by atoms with E-state index in [0.29, 0.717) is 0 Å². The van der Waals surface area contributed by atoms with E-state index in [1.54, 1.807) is 12.8 Å². The van der Waals surface area contributed by atoms with Crippen LogP contribution in [-0.2, 0) is 0 Å². The van der Waals surface area contributed by atoms with E-state index in [2.05, 4.69) is 26.0 Å². The van der Waals surface area contributed by atoms with Gasteiger partial charge >= 0.3 is 0 Å². The van der Waals surface area contributed by atoms with Crippen LogP contribution in [0.3, 0.4) is 0 Å². The standard InChI is InChI=1S/C20H34.C2H6/c1-15-3-7-17(8-4-15)19-11-13-20(14-12-19)18-9-5-16(2)6-10-18;1-2/h3,7,15-20H,4-6,8-14H2,1-2H3;1-2H3. The van der Waals surface area contributed by atoms with Gasteiger partial charge in [-0.25, -0.2) is 0 Å². The molecule has 3 rings (SSSR count). The lowest BCUT2D eigenvalue weighted by Crippen LogP contribution is -2.28. The molecular weight excluding hydrogens is 264 g/mol. The lowest BCUT2D eigenvalue weighted by atomic mass is 9.66. The van der Waals surface area contributed by atoms with Gasteiger partial charge < -0.3 is 0 Å². The average Bonchev–Trinajstić information content (AvgIpc) is 2.58. The first kappa shape index (κ1) is 18.1. The molecule has 2 atom stereocenters. The molecule has 0 aromatic heterocycles. The Kier molecular flexibility index (Phi) is 7.51. The van der Waals surface area contributed by atoms with Gasteiger partial charge in [-0.1, -0.05) is 52.7 Å². The quantitative estimate of drug-likeness (QED) is 0.471. The summed E-state index contributed by atoms with van der Waals surface area (Å²) in [4.78, 5) is 0. The number of allylic oxidation sites excluding steroid dienone is 2. The molecule has 2 unspecified atom stereocenters. The molecular formula is C22H40. The highest BCUT2D eigenvalue weighted by atomic mass is 14.4. The van der Waals surface area contributed by atoms with Crippen LogP contribution in [0.25, 0.3) is 0 Å². The molecule has 22 heavy (non-hydrogen) atoms. The normalized spacial score (nSPS) is 42.4. The van der Waals surface area contributed by atoms with Gasteiger partial charge in [-0.15, -0.1) is 0 Å². The number of hydrogen-bond donors (Lipinski definition) is 0. The predicted octanol–water partition coefficient (Wildman–Crippen LogP) is 7.25. The maximum absolute atomic E-state index is 2.57.